The zero-order chi connectivity index (χ0) is 12.5. The molecule has 1 heteroatoms. The van der Waals surface area contributed by atoms with Gasteiger partial charge in [-0.3, -0.25) is 0 Å². The van der Waals surface area contributed by atoms with E-state index in [1.165, 1.54) is 24.8 Å². The number of hydrogen-bond acceptors (Lipinski definition) is 1. The number of aliphatic hydroxyl groups is 1. The van der Waals surface area contributed by atoms with Crippen molar-refractivity contribution >= 4 is 0 Å². The quantitative estimate of drug-likeness (QED) is 0.656. The van der Waals surface area contributed by atoms with Gasteiger partial charge in [-0.05, 0) is 24.3 Å². The minimum Gasteiger partial charge on any atom is -0.393 e. The Hall–Kier alpha value is -0.820. The van der Waals surface area contributed by atoms with E-state index in [1.807, 2.05) is 6.07 Å². The lowest BCUT2D eigenvalue weighted by molar-refractivity contribution is 0.144. The van der Waals surface area contributed by atoms with E-state index < -0.39 is 0 Å². The molecule has 1 rings (SSSR count). The second-order valence-corrected chi connectivity index (χ2v) is 5.05. The largest absolute Gasteiger partial charge is 0.393 e. The lowest BCUT2D eigenvalue weighted by Gasteiger charge is -2.16. The molecule has 0 aliphatic heterocycles. The highest BCUT2D eigenvalue weighted by atomic mass is 16.3. The van der Waals surface area contributed by atoms with Gasteiger partial charge in [-0.1, -0.05) is 69.9 Å². The molecule has 0 bridgehead atoms. The van der Waals surface area contributed by atoms with Crippen molar-refractivity contribution in [2.24, 2.45) is 0 Å². The summed E-state index contributed by atoms with van der Waals surface area (Å²) in [5, 5.41) is 9.98. The van der Waals surface area contributed by atoms with E-state index in [1.54, 1.807) is 0 Å². The van der Waals surface area contributed by atoms with Crippen molar-refractivity contribution in [1.82, 2.24) is 0 Å². The van der Waals surface area contributed by atoms with Gasteiger partial charge in [-0.25, -0.2) is 0 Å². The maximum absolute atomic E-state index is 9.98. The average molecular weight is 234 g/mol. The molecule has 1 nitrogen and oxygen atoms in total. The highest BCUT2D eigenvalue weighted by Crippen LogP contribution is 2.22. The van der Waals surface area contributed by atoms with Crippen molar-refractivity contribution < 1.29 is 5.11 Å². The monoisotopic (exact) mass is 234 g/mol. The molecule has 0 aliphatic carbocycles. The summed E-state index contributed by atoms with van der Waals surface area (Å²) in [7, 11) is 0. The molecule has 0 fully saturated rings. The molecule has 2 unspecified atom stereocenters. The van der Waals surface area contributed by atoms with Crippen molar-refractivity contribution in [2.75, 3.05) is 0 Å². The first kappa shape index (κ1) is 14.2. The Morgan fingerprint density at radius 1 is 1.06 bits per heavy atom. The predicted molar refractivity (Wildman–Crippen MR) is 74.2 cm³/mol. The fourth-order valence-electron chi connectivity index (χ4n) is 2.25. The van der Waals surface area contributed by atoms with E-state index in [2.05, 4.69) is 38.1 Å². The lowest BCUT2D eigenvalue weighted by Crippen LogP contribution is -2.10. The van der Waals surface area contributed by atoms with Gasteiger partial charge in [-0.15, -0.1) is 0 Å². The van der Waals surface area contributed by atoms with Gasteiger partial charge in [0.15, 0.2) is 0 Å². The summed E-state index contributed by atoms with van der Waals surface area (Å²) in [6.07, 6.45) is 6.68. The van der Waals surface area contributed by atoms with E-state index in [9.17, 15) is 5.11 Å². The van der Waals surface area contributed by atoms with Crippen LogP contribution in [0, 0.1) is 0 Å². The van der Waals surface area contributed by atoms with Crippen molar-refractivity contribution in [3.63, 3.8) is 0 Å². The maximum atomic E-state index is 9.98. The van der Waals surface area contributed by atoms with Gasteiger partial charge in [0, 0.05) is 0 Å². The molecular formula is C16H26O. The van der Waals surface area contributed by atoms with Gasteiger partial charge >= 0.3 is 0 Å². The summed E-state index contributed by atoms with van der Waals surface area (Å²) in [6.45, 7) is 4.42. The Balaban J connectivity index is 2.24. The minimum atomic E-state index is -0.137. The first-order valence-electron chi connectivity index (χ1n) is 6.97. The molecule has 96 valence electrons. The first-order valence-corrected chi connectivity index (χ1v) is 6.97. The van der Waals surface area contributed by atoms with Crippen LogP contribution in [0.3, 0.4) is 0 Å². The third-order valence-corrected chi connectivity index (χ3v) is 3.39. The summed E-state index contributed by atoms with van der Waals surface area (Å²) >= 11 is 0. The van der Waals surface area contributed by atoms with Crippen molar-refractivity contribution in [2.45, 2.75) is 64.4 Å². The molecule has 0 spiro atoms. The van der Waals surface area contributed by atoms with E-state index >= 15 is 0 Å². The SMILES string of the molecule is CCCCCCC(O)CC(C)c1ccccc1. The summed E-state index contributed by atoms with van der Waals surface area (Å²) < 4.78 is 0. The molecular weight excluding hydrogens is 208 g/mol. The maximum Gasteiger partial charge on any atom is 0.0546 e. The Labute approximate surface area is 106 Å². The number of rotatable bonds is 8. The van der Waals surface area contributed by atoms with Gasteiger partial charge in [0.1, 0.15) is 0 Å². The zero-order valence-electron chi connectivity index (χ0n) is 11.2. The molecule has 2 atom stereocenters. The van der Waals surface area contributed by atoms with E-state index in [4.69, 9.17) is 0 Å². The number of benzene rings is 1. The fourth-order valence-corrected chi connectivity index (χ4v) is 2.25. The lowest BCUT2D eigenvalue weighted by atomic mass is 9.93. The predicted octanol–water partition coefficient (Wildman–Crippen LogP) is 4.51. The Bertz CT molecular complexity index is 281. The highest BCUT2D eigenvalue weighted by molar-refractivity contribution is 5.18. The van der Waals surface area contributed by atoms with Crippen LogP contribution in [-0.4, -0.2) is 11.2 Å². The van der Waals surface area contributed by atoms with Crippen LogP contribution in [0.15, 0.2) is 30.3 Å². The van der Waals surface area contributed by atoms with Crippen LogP contribution in [0.1, 0.15) is 63.9 Å². The second kappa shape index (κ2) is 8.30. The number of unbranched alkanes of at least 4 members (excludes halogenated alkanes) is 3. The number of hydrogen-bond donors (Lipinski definition) is 1. The fraction of sp³-hybridized carbons (Fsp3) is 0.625. The molecule has 0 aliphatic rings. The Kier molecular flexibility index (Phi) is 6.95. The highest BCUT2D eigenvalue weighted by Gasteiger charge is 2.11. The van der Waals surface area contributed by atoms with Gasteiger partial charge in [0.25, 0.3) is 0 Å². The van der Waals surface area contributed by atoms with Crippen LogP contribution in [0.25, 0.3) is 0 Å². The molecule has 0 aromatic heterocycles. The summed E-state index contributed by atoms with van der Waals surface area (Å²) in [4.78, 5) is 0. The van der Waals surface area contributed by atoms with Gasteiger partial charge in [0.05, 0.1) is 6.10 Å². The van der Waals surface area contributed by atoms with E-state index in [-0.39, 0.29) is 6.10 Å². The van der Waals surface area contributed by atoms with Crippen molar-refractivity contribution in [3.8, 4) is 0 Å². The molecule has 1 aromatic rings. The minimum absolute atomic E-state index is 0.137. The second-order valence-electron chi connectivity index (χ2n) is 5.05. The molecule has 0 saturated heterocycles. The topological polar surface area (TPSA) is 20.2 Å². The summed E-state index contributed by atoms with van der Waals surface area (Å²) in [5.41, 5.74) is 1.33. The van der Waals surface area contributed by atoms with Crippen LogP contribution in [-0.2, 0) is 0 Å². The van der Waals surface area contributed by atoms with Crippen LogP contribution < -0.4 is 0 Å². The molecule has 17 heavy (non-hydrogen) atoms. The normalized spacial score (nSPS) is 14.5. The molecule has 0 radical (unpaired) electrons. The summed E-state index contributed by atoms with van der Waals surface area (Å²) in [5.74, 6) is 0.456. The van der Waals surface area contributed by atoms with Gasteiger partial charge in [0.2, 0.25) is 0 Å². The third-order valence-electron chi connectivity index (χ3n) is 3.39. The van der Waals surface area contributed by atoms with Gasteiger partial charge in [-0.2, -0.15) is 0 Å². The van der Waals surface area contributed by atoms with E-state index in [0.717, 1.165) is 19.3 Å². The standard InChI is InChI=1S/C16H26O/c1-3-4-5-9-12-16(17)13-14(2)15-10-7-6-8-11-15/h6-8,10-11,14,16-17H,3-5,9,12-13H2,1-2H3. The molecule has 0 heterocycles. The summed E-state index contributed by atoms with van der Waals surface area (Å²) in [6, 6.07) is 10.5. The van der Waals surface area contributed by atoms with Gasteiger partial charge < -0.3 is 5.11 Å². The van der Waals surface area contributed by atoms with Crippen LogP contribution in [0.5, 0.6) is 0 Å². The van der Waals surface area contributed by atoms with Crippen molar-refractivity contribution in [3.05, 3.63) is 35.9 Å². The molecule has 0 saturated carbocycles. The Morgan fingerprint density at radius 2 is 1.76 bits per heavy atom. The zero-order valence-corrected chi connectivity index (χ0v) is 11.2. The van der Waals surface area contributed by atoms with E-state index in [0.29, 0.717) is 5.92 Å². The first-order chi connectivity index (χ1) is 8.24. The molecule has 1 aromatic carbocycles. The van der Waals surface area contributed by atoms with Crippen LogP contribution in [0.2, 0.25) is 0 Å². The average Bonchev–Trinajstić information content (AvgIpc) is 2.36. The van der Waals surface area contributed by atoms with Crippen molar-refractivity contribution in [1.29, 1.82) is 0 Å². The smallest absolute Gasteiger partial charge is 0.0546 e. The van der Waals surface area contributed by atoms with Crippen LogP contribution >= 0.6 is 0 Å². The van der Waals surface area contributed by atoms with Crippen LogP contribution in [0.4, 0.5) is 0 Å². The third kappa shape index (κ3) is 5.88. The molecule has 0 amide bonds. The number of aliphatic hydroxyl groups excluding tert-OH is 1. The Morgan fingerprint density at radius 3 is 2.41 bits per heavy atom. The molecule has 1 N–H and O–H groups in total.